The van der Waals surface area contributed by atoms with Crippen molar-refractivity contribution < 1.29 is 0 Å². The molecule has 0 atom stereocenters. The van der Waals surface area contributed by atoms with E-state index in [-0.39, 0.29) is 0 Å². The molecule has 116 valence electrons. The minimum absolute atomic E-state index is 0.382. The van der Waals surface area contributed by atoms with E-state index in [9.17, 15) is 0 Å². The molecule has 0 spiro atoms. The summed E-state index contributed by atoms with van der Waals surface area (Å²) >= 11 is 7.17. The van der Waals surface area contributed by atoms with Gasteiger partial charge in [-0.1, -0.05) is 13.8 Å². The van der Waals surface area contributed by atoms with Crippen LogP contribution >= 0.6 is 31.9 Å². The maximum atomic E-state index is 4.72. The zero-order valence-electron chi connectivity index (χ0n) is 12.7. The second-order valence-corrected chi connectivity index (χ2v) is 7.61. The summed E-state index contributed by atoms with van der Waals surface area (Å²) in [6.45, 7) is 7.07. The number of halogens is 2. The van der Waals surface area contributed by atoms with Crippen LogP contribution in [0.15, 0.2) is 27.5 Å². The molecular weight excluding hydrogens is 408 g/mol. The van der Waals surface area contributed by atoms with Crippen molar-refractivity contribution in [2.45, 2.75) is 39.3 Å². The zero-order valence-corrected chi connectivity index (χ0v) is 15.9. The van der Waals surface area contributed by atoms with Crippen LogP contribution in [0.1, 0.15) is 42.4 Å². The van der Waals surface area contributed by atoms with Crippen molar-refractivity contribution in [1.29, 1.82) is 0 Å². The van der Waals surface area contributed by atoms with Gasteiger partial charge in [0.2, 0.25) is 0 Å². The first kappa shape index (κ1) is 16.0. The van der Waals surface area contributed by atoms with Crippen LogP contribution in [0.4, 0.5) is 0 Å². The summed E-state index contributed by atoms with van der Waals surface area (Å²) in [6, 6.07) is 0. The van der Waals surface area contributed by atoms with Gasteiger partial charge in [0.05, 0.1) is 0 Å². The molecule has 0 unspecified atom stereocenters. The summed E-state index contributed by atoms with van der Waals surface area (Å²) in [5, 5.41) is 0. The van der Waals surface area contributed by atoms with Crippen molar-refractivity contribution in [3.63, 3.8) is 0 Å². The van der Waals surface area contributed by atoms with Crippen LogP contribution < -0.4 is 0 Å². The van der Waals surface area contributed by atoms with E-state index >= 15 is 0 Å². The molecule has 2 aromatic rings. The third kappa shape index (κ3) is 3.39. The molecule has 0 saturated heterocycles. The number of nitrogens with zero attached hydrogens (tertiary/aromatic N) is 4. The molecule has 0 radical (unpaired) electrons. The lowest BCUT2D eigenvalue weighted by molar-refractivity contribution is 0.241. The highest BCUT2D eigenvalue weighted by Crippen LogP contribution is 2.27. The molecule has 0 N–H and O–H groups in total. The van der Waals surface area contributed by atoms with Crippen LogP contribution in [-0.4, -0.2) is 26.4 Å². The maximum absolute atomic E-state index is 4.72. The van der Waals surface area contributed by atoms with Gasteiger partial charge in [-0.05, 0) is 37.4 Å². The summed E-state index contributed by atoms with van der Waals surface area (Å²) in [5.41, 5.74) is 3.69. The van der Waals surface area contributed by atoms with Crippen molar-refractivity contribution in [3.8, 4) is 0 Å². The molecule has 1 aliphatic rings. The van der Waals surface area contributed by atoms with Crippen molar-refractivity contribution >= 4 is 31.9 Å². The number of hydrogen-bond acceptors (Lipinski definition) is 4. The summed E-state index contributed by atoms with van der Waals surface area (Å²) in [5.74, 6) is 1.33. The Morgan fingerprint density at radius 1 is 1.18 bits per heavy atom. The SMILES string of the molecule is CC(C)c1ncc2c(n1)CCN(Cc1c(Br)cncc1Br)C2. The Bertz CT molecular complexity index is 668. The van der Waals surface area contributed by atoms with Crippen LogP contribution in [0.25, 0.3) is 0 Å². The lowest BCUT2D eigenvalue weighted by Crippen LogP contribution is -2.31. The summed E-state index contributed by atoms with van der Waals surface area (Å²) in [6.07, 6.45) is 6.67. The van der Waals surface area contributed by atoms with Gasteiger partial charge in [0.25, 0.3) is 0 Å². The Balaban J connectivity index is 1.77. The molecule has 6 heteroatoms. The van der Waals surface area contributed by atoms with Crippen molar-refractivity contribution in [3.05, 3.63) is 50.2 Å². The predicted molar refractivity (Wildman–Crippen MR) is 93.6 cm³/mol. The van der Waals surface area contributed by atoms with Crippen LogP contribution in [0.3, 0.4) is 0 Å². The Kier molecular flexibility index (Phi) is 4.90. The molecular formula is C16H18Br2N4. The van der Waals surface area contributed by atoms with E-state index in [0.29, 0.717) is 5.92 Å². The highest BCUT2D eigenvalue weighted by molar-refractivity contribution is 9.11. The van der Waals surface area contributed by atoms with E-state index in [2.05, 4.69) is 60.6 Å². The van der Waals surface area contributed by atoms with Gasteiger partial charge in [-0.3, -0.25) is 9.88 Å². The van der Waals surface area contributed by atoms with Gasteiger partial charge >= 0.3 is 0 Å². The second-order valence-electron chi connectivity index (χ2n) is 5.90. The van der Waals surface area contributed by atoms with Gasteiger partial charge in [0.15, 0.2) is 0 Å². The third-order valence-electron chi connectivity index (χ3n) is 3.88. The van der Waals surface area contributed by atoms with Crippen LogP contribution in [-0.2, 0) is 19.5 Å². The normalized spacial score (nSPS) is 15.1. The van der Waals surface area contributed by atoms with Crippen LogP contribution in [0, 0.1) is 0 Å². The Labute approximate surface area is 147 Å². The average Bonchev–Trinajstić information content (AvgIpc) is 2.50. The van der Waals surface area contributed by atoms with Gasteiger partial charge in [0, 0.05) is 70.8 Å². The van der Waals surface area contributed by atoms with E-state index in [1.54, 1.807) is 0 Å². The van der Waals surface area contributed by atoms with Crippen LogP contribution in [0.2, 0.25) is 0 Å². The molecule has 22 heavy (non-hydrogen) atoms. The number of hydrogen-bond donors (Lipinski definition) is 0. The van der Waals surface area contributed by atoms with Gasteiger partial charge < -0.3 is 0 Å². The highest BCUT2D eigenvalue weighted by Gasteiger charge is 2.20. The number of fused-ring (bicyclic) bond motifs is 1. The van der Waals surface area contributed by atoms with E-state index in [1.165, 1.54) is 16.8 Å². The first-order valence-corrected chi connectivity index (χ1v) is 8.98. The fourth-order valence-electron chi connectivity index (χ4n) is 2.62. The Morgan fingerprint density at radius 2 is 1.91 bits per heavy atom. The van der Waals surface area contributed by atoms with E-state index < -0.39 is 0 Å². The molecule has 0 fully saturated rings. The van der Waals surface area contributed by atoms with E-state index in [0.717, 1.165) is 40.8 Å². The van der Waals surface area contributed by atoms with Crippen molar-refractivity contribution in [2.24, 2.45) is 0 Å². The molecule has 0 saturated carbocycles. The molecule has 3 rings (SSSR count). The van der Waals surface area contributed by atoms with Crippen molar-refractivity contribution in [1.82, 2.24) is 19.9 Å². The number of rotatable bonds is 3. The highest BCUT2D eigenvalue weighted by atomic mass is 79.9. The minimum atomic E-state index is 0.382. The van der Waals surface area contributed by atoms with E-state index in [1.807, 2.05) is 18.6 Å². The fourth-order valence-corrected chi connectivity index (χ4v) is 3.80. The quantitative estimate of drug-likeness (QED) is 0.742. The standard InChI is InChI=1S/C16H18Br2N4/c1-10(2)16-20-5-11-8-22(4-3-15(11)21-16)9-12-13(17)6-19-7-14(12)18/h5-7,10H,3-4,8-9H2,1-2H3. The monoisotopic (exact) mass is 424 g/mol. The average molecular weight is 426 g/mol. The molecule has 0 aromatic carbocycles. The first-order valence-electron chi connectivity index (χ1n) is 7.39. The molecule has 0 amide bonds. The largest absolute Gasteiger partial charge is 0.294 e. The topological polar surface area (TPSA) is 41.9 Å². The van der Waals surface area contributed by atoms with E-state index in [4.69, 9.17) is 4.98 Å². The lowest BCUT2D eigenvalue weighted by Gasteiger charge is -2.28. The van der Waals surface area contributed by atoms with Gasteiger partial charge in [-0.2, -0.15) is 0 Å². The fraction of sp³-hybridized carbons (Fsp3) is 0.438. The summed E-state index contributed by atoms with van der Waals surface area (Å²) < 4.78 is 2.08. The smallest absolute Gasteiger partial charge is 0.131 e. The van der Waals surface area contributed by atoms with Gasteiger partial charge in [-0.25, -0.2) is 9.97 Å². The van der Waals surface area contributed by atoms with Gasteiger partial charge in [-0.15, -0.1) is 0 Å². The number of pyridine rings is 1. The molecule has 0 aliphatic carbocycles. The Morgan fingerprint density at radius 3 is 2.59 bits per heavy atom. The second kappa shape index (κ2) is 6.72. The third-order valence-corrected chi connectivity index (χ3v) is 5.25. The molecule has 2 aromatic heterocycles. The van der Waals surface area contributed by atoms with Gasteiger partial charge in [0.1, 0.15) is 5.82 Å². The molecule has 0 bridgehead atoms. The zero-order chi connectivity index (χ0) is 15.7. The summed E-state index contributed by atoms with van der Waals surface area (Å²) in [4.78, 5) is 15.8. The van der Waals surface area contributed by atoms with Crippen molar-refractivity contribution in [2.75, 3.05) is 6.54 Å². The molecule has 3 heterocycles. The first-order chi connectivity index (χ1) is 10.5. The predicted octanol–water partition coefficient (Wildman–Crippen LogP) is 4.08. The van der Waals surface area contributed by atoms with Crippen LogP contribution in [0.5, 0.6) is 0 Å². The maximum Gasteiger partial charge on any atom is 0.131 e. The lowest BCUT2D eigenvalue weighted by atomic mass is 10.1. The number of aromatic nitrogens is 3. The molecule has 1 aliphatic heterocycles. The molecule has 4 nitrogen and oxygen atoms in total. The minimum Gasteiger partial charge on any atom is -0.294 e. The summed E-state index contributed by atoms with van der Waals surface area (Å²) in [7, 11) is 0. The Hall–Kier alpha value is -0.850.